The Bertz CT molecular complexity index is 3480. The number of anilines is 3. The molecule has 12 rings (SSSR count). The summed E-state index contributed by atoms with van der Waals surface area (Å²) in [5, 5.41) is 10.0. The van der Waals surface area contributed by atoms with E-state index in [-0.39, 0.29) is 0 Å². The van der Waals surface area contributed by atoms with E-state index in [1.54, 1.807) is 0 Å². The van der Waals surface area contributed by atoms with E-state index in [1.807, 2.05) is 11.3 Å². The van der Waals surface area contributed by atoms with E-state index >= 15 is 0 Å². The highest BCUT2D eigenvalue weighted by Gasteiger charge is 2.22. The van der Waals surface area contributed by atoms with E-state index in [0.29, 0.717) is 0 Å². The van der Waals surface area contributed by atoms with Crippen molar-refractivity contribution in [1.82, 2.24) is 9.13 Å². The zero-order valence-corrected chi connectivity index (χ0v) is 31.1. The summed E-state index contributed by atoms with van der Waals surface area (Å²) < 4.78 is 7.45. The van der Waals surface area contributed by atoms with Crippen LogP contribution in [-0.2, 0) is 0 Å². The first-order chi connectivity index (χ1) is 27.8. The lowest BCUT2D eigenvalue weighted by Gasteiger charge is -2.27. The normalized spacial score (nSPS) is 11.9. The van der Waals surface area contributed by atoms with E-state index in [1.165, 1.54) is 74.6 Å². The molecule has 56 heavy (non-hydrogen) atoms. The number of benzene rings is 9. The minimum atomic E-state index is 1.10. The summed E-state index contributed by atoms with van der Waals surface area (Å²) in [6.07, 6.45) is 0. The molecule has 0 bridgehead atoms. The quantitative estimate of drug-likeness (QED) is 0.172. The van der Waals surface area contributed by atoms with E-state index < -0.39 is 0 Å². The Morgan fingerprint density at radius 1 is 0.357 bits per heavy atom. The van der Waals surface area contributed by atoms with Crippen molar-refractivity contribution in [2.45, 2.75) is 0 Å². The van der Waals surface area contributed by atoms with Crippen molar-refractivity contribution in [1.29, 1.82) is 0 Å². The molecule has 12 aromatic rings. The highest BCUT2D eigenvalue weighted by molar-refractivity contribution is 7.25. The molecular weight excluding hydrogens is 699 g/mol. The van der Waals surface area contributed by atoms with Gasteiger partial charge in [0.05, 0.1) is 27.8 Å². The van der Waals surface area contributed by atoms with Crippen LogP contribution >= 0.6 is 11.3 Å². The topological polar surface area (TPSA) is 13.1 Å². The van der Waals surface area contributed by atoms with Gasteiger partial charge in [-0.15, -0.1) is 11.3 Å². The molecule has 0 spiro atoms. The first-order valence-corrected chi connectivity index (χ1v) is 19.9. The SMILES string of the molecule is c1ccc(-n2c3ccccc3c3c(N(c4ccc(-n5c6ccccc6c6ccc7ccccc7c65)cc4)c4ccc5sc6ccccc6c5c4)cccc32)cc1. The van der Waals surface area contributed by atoms with Crippen molar-refractivity contribution in [2.24, 2.45) is 0 Å². The highest BCUT2D eigenvalue weighted by atomic mass is 32.1. The predicted octanol–water partition coefficient (Wildman–Crippen LogP) is 14.9. The predicted molar refractivity (Wildman–Crippen MR) is 240 cm³/mol. The molecule has 0 N–H and O–H groups in total. The van der Waals surface area contributed by atoms with Crippen LogP contribution in [0.2, 0.25) is 0 Å². The lowest BCUT2D eigenvalue weighted by Crippen LogP contribution is -2.10. The maximum Gasteiger partial charge on any atom is 0.0619 e. The summed E-state index contributed by atoms with van der Waals surface area (Å²) >= 11 is 1.86. The molecule has 3 heterocycles. The van der Waals surface area contributed by atoms with E-state index in [4.69, 9.17) is 0 Å². The maximum atomic E-state index is 2.46. The molecule has 0 saturated carbocycles. The first kappa shape index (κ1) is 31.2. The molecule has 0 aliphatic rings. The molecule has 0 saturated heterocycles. The Balaban J connectivity index is 1.12. The molecular formula is C52H33N3S. The van der Waals surface area contributed by atoms with Crippen LogP contribution in [-0.4, -0.2) is 9.13 Å². The highest BCUT2D eigenvalue weighted by Crippen LogP contribution is 2.46. The van der Waals surface area contributed by atoms with Crippen LogP contribution in [0.15, 0.2) is 200 Å². The average molecular weight is 732 g/mol. The van der Waals surface area contributed by atoms with Crippen molar-refractivity contribution in [3.05, 3.63) is 200 Å². The number of fused-ring (bicyclic) bond motifs is 11. The van der Waals surface area contributed by atoms with Gasteiger partial charge in [0.25, 0.3) is 0 Å². The molecule has 4 heteroatoms. The van der Waals surface area contributed by atoms with Gasteiger partial charge in [-0.05, 0) is 90.3 Å². The molecule has 0 amide bonds. The van der Waals surface area contributed by atoms with E-state index in [2.05, 4.69) is 214 Å². The van der Waals surface area contributed by atoms with Crippen LogP contribution in [0.3, 0.4) is 0 Å². The minimum Gasteiger partial charge on any atom is -0.310 e. The Labute approximate surface area is 327 Å². The summed E-state index contributed by atoms with van der Waals surface area (Å²) in [6.45, 7) is 0. The Morgan fingerprint density at radius 3 is 1.82 bits per heavy atom. The Hall–Kier alpha value is -7.14. The summed E-state index contributed by atoms with van der Waals surface area (Å²) in [4.78, 5) is 2.46. The lowest BCUT2D eigenvalue weighted by molar-refractivity contribution is 1.18. The number of para-hydroxylation sites is 3. The van der Waals surface area contributed by atoms with Gasteiger partial charge in [0.1, 0.15) is 0 Å². The number of hydrogen-bond donors (Lipinski definition) is 0. The summed E-state index contributed by atoms with van der Waals surface area (Å²) in [7, 11) is 0. The van der Waals surface area contributed by atoms with Crippen LogP contribution in [0.4, 0.5) is 17.1 Å². The molecule has 3 aromatic heterocycles. The molecule has 0 unspecified atom stereocenters. The van der Waals surface area contributed by atoms with E-state index in [0.717, 1.165) is 28.4 Å². The largest absolute Gasteiger partial charge is 0.310 e. The molecule has 0 fully saturated rings. The van der Waals surface area contributed by atoms with Crippen molar-refractivity contribution in [3.8, 4) is 11.4 Å². The number of thiophene rings is 1. The third-order valence-electron chi connectivity index (χ3n) is 11.5. The molecule has 9 aromatic carbocycles. The Kier molecular flexibility index (Phi) is 6.80. The third-order valence-corrected chi connectivity index (χ3v) is 12.6. The number of nitrogens with zero attached hydrogens (tertiary/aromatic N) is 3. The lowest BCUT2D eigenvalue weighted by atomic mass is 10.1. The smallest absolute Gasteiger partial charge is 0.0619 e. The zero-order chi connectivity index (χ0) is 36.7. The third kappa shape index (κ3) is 4.57. The fourth-order valence-corrected chi connectivity index (χ4v) is 10.2. The number of rotatable bonds is 5. The first-order valence-electron chi connectivity index (χ1n) is 19.1. The molecule has 0 aliphatic carbocycles. The van der Waals surface area contributed by atoms with Crippen molar-refractivity contribution < 1.29 is 0 Å². The van der Waals surface area contributed by atoms with Crippen molar-refractivity contribution in [2.75, 3.05) is 4.90 Å². The van der Waals surface area contributed by atoms with Crippen LogP contribution in [0, 0.1) is 0 Å². The van der Waals surface area contributed by atoms with Gasteiger partial charge in [0.15, 0.2) is 0 Å². The van der Waals surface area contributed by atoms with Gasteiger partial charge in [-0.3, -0.25) is 0 Å². The van der Waals surface area contributed by atoms with Crippen LogP contribution < -0.4 is 4.90 Å². The van der Waals surface area contributed by atoms with Gasteiger partial charge in [0, 0.05) is 69.9 Å². The van der Waals surface area contributed by atoms with Gasteiger partial charge in [0.2, 0.25) is 0 Å². The van der Waals surface area contributed by atoms with Crippen molar-refractivity contribution in [3.63, 3.8) is 0 Å². The standard InChI is InChI=1S/C52H33N3S/c1-2-14-35(15-3-1)54-46-21-10-7-19-43(46)51-47(22-12-23-48(51)54)53(38-30-32-50-44(33-38)41-18-8-11-24-49(41)56-50)36-26-28-37(29-27-36)55-45-20-9-6-17-40(45)42-31-25-34-13-4-5-16-39(34)52(42)55/h1-33H. The Morgan fingerprint density at radius 2 is 0.982 bits per heavy atom. The van der Waals surface area contributed by atoms with Gasteiger partial charge >= 0.3 is 0 Å². The molecule has 262 valence electrons. The molecule has 0 radical (unpaired) electrons. The van der Waals surface area contributed by atoms with Gasteiger partial charge in [-0.1, -0.05) is 115 Å². The summed E-state index contributed by atoms with van der Waals surface area (Å²) in [5.74, 6) is 0. The molecule has 0 atom stereocenters. The fraction of sp³-hybridized carbons (Fsp3) is 0. The average Bonchev–Trinajstić information content (AvgIpc) is 3.92. The number of hydrogen-bond acceptors (Lipinski definition) is 2. The van der Waals surface area contributed by atoms with Gasteiger partial charge in [-0.2, -0.15) is 0 Å². The summed E-state index contributed by atoms with van der Waals surface area (Å²) in [5.41, 5.74) is 10.5. The maximum absolute atomic E-state index is 2.46. The monoisotopic (exact) mass is 731 g/mol. The summed E-state index contributed by atoms with van der Waals surface area (Å²) in [6, 6.07) is 73.2. The fourth-order valence-electron chi connectivity index (χ4n) is 9.07. The van der Waals surface area contributed by atoms with Crippen LogP contribution in [0.1, 0.15) is 0 Å². The second kappa shape index (κ2) is 12.2. The molecule has 0 aliphatic heterocycles. The second-order valence-electron chi connectivity index (χ2n) is 14.5. The van der Waals surface area contributed by atoms with Crippen LogP contribution in [0.25, 0.3) is 85.9 Å². The second-order valence-corrected chi connectivity index (χ2v) is 15.6. The molecule has 3 nitrogen and oxygen atoms in total. The van der Waals surface area contributed by atoms with E-state index in [9.17, 15) is 0 Å². The van der Waals surface area contributed by atoms with Gasteiger partial charge < -0.3 is 14.0 Å². The minimum absolute atomic E-state index is 1.10. The van der Waals surface area contributed by atoms with Crippen LogP contribution in [0.5, 0.6) is 0 Å². The van der Waals surface area contributed by atoms with Crippen molar-refractivity contribution >= 4 is 103 Å². The zero-order valence-electron chi connectivity index (χ0n) is 30.3. The van der Waals surface area contributed by atoms with Gasteiger partial charge in [-0.25, -0.2) is 0 Å². The number of aromatic nitrogens is 2.